The summed E-state index contributed by atoms with van der Waals surface area (Å²) in [4.78, 5) is 20.1. The number of amides is 2. The molecule has 208 valence electrons. The molecule has 1 atom stereocenters. The van der Waals surface area contributed by atoms with Crippen molar-refractivity contribution in [3.05, 3.63) is 94.8 Å². The fraction of sp³-hybridized carbons (Fsp3) is 0.357. The summed E-state index contributed by atoms with van der Waals surface area (Å²) in [7, 11) is 2.01. The molecule has 2 N–H and O–H groups in total. The van der Waals surface area contributed by atoms with E-state index in [0.717, 1.165) is 37.6 Å². The first-order valence-corrected chi connectivity index (χ1v) is 12.8. The van der Waals surface area contributed by atoms with Gasteiger partial charge < -0.3 is 20.3 Å². The van der Waals surface area contributed by atoms with Crippen molar-refractivity contribution in [2.24, 2.45) is 0 Å². The zero-order chi connectivity index (χ0) is 28.0. The predicted molar refractivity (Wildman–Crippen MR) is 140 cm³/mol. The van der Waals surface area contributed by atoms with E-state index in [9.17, 15) is 22.4 Å². The molecule has 11 heteroatoms. The third-order valence-electron chi connectivity index (χ3n) is 6.69. The Labute approximate surface area is 229 Å². The van der Waals surface area contributed by atoms with Crippen LogP contribution in [0.1, 0.15) is 29.7 Å². The van der Waals surface area contributed by atoms with E-state index in [2.05, 4.69) is 25.3 Å². The lowest BCUT2D eigenvalue weighted by Gasteiger charge is -2.37. The van der Waals surface area contributed by atoms with Crippen LogP contribution < -0.4 is 15.4 Å². The number of halogens is 5. The van der Waals surface area contributed by atoms with Crippen molar-refractivity contribution < 1.29 is 27.1 Å². The highest BCUT2D eigenvalue weighted by Gasteiger charge is 2.45. The molecule has 4 rings (SSSR count). The fourth-order valence-corrected chi connectivity index (χ4v) is 4.76. The zero-order valence-corrected chi connectivity index (χ0v) is 22.0. The van der Waals surface area contributed by atoms with Crippen molar-refractivity contribution in [2.45, 2.75) is 43.4 Å². The number of carbonyl (C=O) groups is 1. The van der Waals surface area contributed by atoms with E-state index < -0.39 is 29.9 Å². The molecular formula is C28H29ClF4N4O2. The number of piperidine rings is 1. The summed E-state index contributed by atoms with van der Waals surface area (Å²) in [5, 5.41) is 6.42. The quantitative estimate of drug-likeness (QED) is 0.320. The highest BCUT2D eigenvalue weighted by Crippen LogP contribution is 2.36. The molecular weight excluding hydrogens is 536 g/mol. The lowest BCUT2D eigenvalue weighted by Crippen LogP contribution is -2.55. The van der Waals surface area contributed by atoms with E-state index in [1.807, 2.05) is 37.4 Å². The van der Waals surface area contributed by atoms with Gasteiger partial charge in [0, 0.05) is 18.7 Å². The number of urea groups is 1. The van der Waals surface area contributed by atoms with Gasteiger partial charge in [-0.1, -0.05) is 54.1 Å². The Bertz CT molecular complexity index is 1240. The number of pyridine rings is 1. The summed E-state index contributed by atoms with van der Waals surface area (Å²) >= 11 is 6.10. The monoisotopic (exact) mass is 564 g/mol. The van der Waals surface area contributed by atoms with Gasteiger partial charge in [0.25, 0.3) is 0 Å². The molecule has 1 aliphatic rings. The number of hydrogen-bond acceptors (Lipinski definition) is 4. The lowest BCUT2D eigenvalue weighted by molar-refractivity contribution is -0.253. The molecule has 2 aromatic carbocycles. The Hall–Kier alpha value is -3.37. The second-order valence-electron chi connectivity index (χ2n) is 9.60. The fourth-order valence-electron chi connectivity index (χ4n) is 4.65. The van der Waals surface area contributed by atoms with Gasteiger partial charge in [-0.15, -0.1) is 0 Å². The summed E-state index contributed by atoms with van der Waals surface area (Å²) in [6, 6.07) is 17.3. The standard InChI is InChI=1S/C28H29ClF4N4O2/c1-37-14-12-22(13-15-37)35-26(38)36-27(17-19-6-3-2-4-7-19,24-11-10-21(29)18-34-24)20-8-5-9-23(16-20)39-28(32,33)25(30)31/h2-11,16,18,22,25H,12-15,17H2,1H3,(H2,35,36,38)/t27-/m0/s1. The topological polar surface area (TPSA) is 66.5 Å². The van der Waals surface area contributed by atoms with Crippen LogP contribution in [-0.2, 0) is 12.0 Å². The van der Waals surface area contributed by atoms with E-state index in [0.29, 0.717) is 16.3 Å². The molecule has 1 saturated heterocycles. The van der Waals surface area contributed by atoms with Crippen LogP contribution >= 0.6 is 11.6 Å². The molecule has 39 heavy (non-hydrogen) atoms. The van der Waals surface area contributed by atoms with Crippen LogP contribution in [0.3, 0.4) is 0 Å². The second-order valence-corrected chi connectivity index (χ2v) is 10.0. The summed E-state index contributed by atoms with van der Waals surface area (Å²) in [6.07, 6.45) is -5.61. The van der Waals surface area contributed by atoms with Crippen LogP contribution in [0.4, 0.5) is 22.4 Å². The maximum Gasteiger partial charge on any atom is 0.461 e. The minimum atomic E-state index is -4.70. The molecule has 1 aromatic heterocycles. The van der Waals surface area contributed by atoms with Gasteiger partial charge in [0.15, 0.2) is 0 Å². The second kappa shape index (κ2) is 12.2. The average molecular weight is 565 g/mol. The van der Waals surface area contributed by atoms with Gasteiger partial charge in [0.1, 0.15) is 11.3 Å². The number of nitrogens with zero attached hydrogens (tertiary/aromatic N) is 2. The first-order chi connectivity index (χ1) is 18.6. The smallest absolute Gasteiger partial charge is 0.428 e. The highest BCUT2D eigenvalue weighted by atomic mass is 35.5. The average Bonchev–Trinajstić information content (AvgIpc) is 2.90. The van der Waals surface area contributed by atoms with E-state index in [-0.39, 0.29) is 12.5 Å². The van der Waals surface area contributed by atoms with Gasteiger partial charge in [0.2, 0.25) is 0 Å². The van der Waals surface area contributed by atoms with Crippen LogP contribution in [0.15, 0.2) is 72.9 Å². The molecule has 0 radical (unpaired) electrons. The minimum Gasteiger partial charge on any atom is -0.428 e. The first-order valence-electron chi connectivity index (χ1n) is 12.5. The molecule has 3 aromatic rings. The van der Waals surface area contributed by atoms with Gasteiger partial charge in [-0.05, 0) is 68.4 Å². The zero-order valence-electron chi connectivity index (χ0n) is 21.2. The number of ether oxygens (including phenoxy) is 1. The Kier molecular flexibility index (Phi) is 8.97. The Morgan fingerprint density at radius 3 is 2.46 bits per heavy atom. The van der Waals surface area contributed by atoms with Crippen LogP contribution in [0.5, 0.6) is 5.75 Å². The lowest BCUT2D eigenvalue weighted by atomic mass is 9.80. The number of rotatable bonds is 9. The van der Waals surface area contributed by atoms with Gasteiger partial charge in [0.05, 0.1) is 10.7 Å². The number of benzene rings is 2. The largest absolute Gasteiger partial charge is 0.461 e. The van der Waals surface area contributed by atoms with E-state index >= 15 is 0 Å². The normalized spacial score (nSPS) is 16.5. The summed E-state index contributed by atoms with van der Waals surface area (Å²) in [6.45, 7) is 1.66. The third kappa shape index (κ3) is 7.19. The molecule has 1 fully saturated rings. The maximum atomic E-state index is 13.8. The molecule has 0 saturated carbocycles. The van der Waals surface area contributed by atoms with E-state index in [1.54, 1.807) is 18.2 Å². The number of aromatic nitrogens is 1. The molecule has 0 unspecified atom stereocenters. The number of carbonyl (C=O) groups excluding carboxylic acids is 1. The van der Waals surface area contributed by atoms with Crippen LogP contribution in [0, 0.1) is 0 Å². The summed E-state index contributed by atoms with van der Waals surface area (Å²) in [5.41, 5.74) is 0.0773. The van der Waals surface area contributed by atoms with Crippen LogP contribution in [-0.4, -0.2) is 54.6 Å². The van der Waals surface area contributed by atoms with Crippen molar-refractivity contribution in [1.82, 2.24) is 20.5 Å². The number of alkyl halides is 4. The van der Waals surface area contributed by atoms with Gasteiger partial charge in [-0.25, -0.2) is 4.79 Å². The van der Waals surface area contributed by atoms with Crippen LogP contribution in [0.2, 0.25) is 5.02 Å². The van der Waals surface area contributed by atoms with Gasteiger partial charge >= 0.3 is 18.6 Å². The molecule has 0 aliphatic carbocycles. The molecule has 2 amide bonds. The molecule has 2 heterocycles. The van der Waals surface area contributed by atoms with Crippen molar-refractivity contribution >= 4 is 17.6 Å². The van der Waals surface area contributed by atoms with Gasteiger partial charge in [-0.3, -0.25) is 4.98 Å². The summed E-state index contributed by atoms with van der Waals surface area (Å²) in [5.74, 6) is -0.485. The molecule has 1 aliphatic heterocycles. The highest BCUT2D eigenvalue weighted by molar-refractivity contribution is 6.30. The van der Waals surface area contributed by atoms with Gasteiger partial charge in [-0.2, -0.15) is 17.6 Å². The summed E-state index contributed by atoms with van der Waals surface area (Å²) < 4.78 is 57.7. The number of likely N-dealkylation sites (tertiary alicyclic amines) is 1. The Balaban J connectivity index is 1.78. The predicted octanol–water partition coefficient (Wildman–Crippen LogP) is 5.85. The maximum absolute atomic E-state index is 13.8. The van der Waals surface area contributed by atoms with E-state index in [4.69, 9.17) is 11.6 Å². The van der Waals surface area contributed by atoms with Crippen molar-refractivity contribution in [2.75, 3.05) is 20.1 Å². The van der Waals surface area contributed by atoms with E-state index in [1.165, 1.54) is 18.3 Å². The number of hydrogen-bond donors (Lipinski definition) is 2. The molecule has 6 nitrogen and oxygen atoms in total. The minimum absolute atomic E-state index is 0.0618. The Morgan fingerprint density at radius 1 is 1.10 bits per heavy atom. The van der Waals surface area contributed by atoms with Crippen molar-refractivity contribution in [3.63, 3.8) is 0 Å². The third-order valence-corrected chi connectivity index (χ3v) is 6.92. The molecule has 0 spiro atoms. The molecule has 0 bridgehead atoms. The van der Waals surface area contributed by atoms with Crippen LogP contribution in [0.25, 0.3) is 0 Å². The SMILES string of the molecule is CN1CCC(NC(=O)N[C@@](Cc2ccccc2)(c2cccc(OC(F)(F)C(F)F)c2)c2ccc(Cl)cn2)CC1. The first kappa shape index (κ1) is 28.6. The Morgan fingerprint density at radius 2 is 1.82 bits per heavy atom. The van der Waals surface area contributed by atoms with Crippen molar-refractivity contribution in [3.8, 4) is 5.75 Å². The van der Waals surface area contributed by atoms with Crippen molar-refractivity contribution in [1.29, 1.82) is 0 Å². The number of nitrogens with one attached hydrogen (secondary N) is 2.